The molecule has 0 radical (unpaired) electrons. The molecule has 0 rings (SSSR count). The molecule has 0 saturated heterocycles. The molecular weight excluding hydrogens is 366 g/mol. The van der Waals surface area contributed by atoms with Crippen molar-refractivity contribution in [2.45, 2.75) is 103 Å². The number of rotatable bonds is 17. The topological polar surface area (TPSA) is 53.7 Å². The number of unbranched alkanes of at least 4 members (excludes halogenated alkanes) is 7. The third-order valence-corrected chi connectivity index (χ3v) is 8.26. The maximum Gasteiger partial charge on any atom is 0.500 e. The van der Waals surface area contributed by atoms with E-state index < -0.39 is 8.80 Å². The largest absolute Gasteiger partial charge is 0.500 e. The van der Waals surface area contributed by atoms with Gasteiger partial charge in [0.2, 0.25) is 0 Å². The maximum atomic E-state index is 6.44. The summed E-state index contributed by atoms with van der Waals surface area (Å²) in [7, 11) is 2.61. The van der Waals surface area contributed by atoms with E-state index in [1.165, 1.54) is 57.8 Å². The van der Waals surface area contributed by atoms with Gasteiger partial charge in [-0.05, 0) is 39.0 Å². The van der Waals surface area contributed by atoms with Crippen molar-refractivity contribution >= 4 is 21.2 Å². The predicted octanol–water partition coefficient (Wildman–Crippen LogP) is 5.95. The van der Waals surface area contributed by atoms with Crippen LogP contribution in [0.2, 0.25) is 6.04 Å². The average Bonchev–Trinajstić information content (AvgIpc) is 2.58. The van der Waals surface area contributed by atoms with Crippen LogP contribution in [0, 0.1) is 5.92 Å². The van der Waals surface area contributed by atoms with E-state index in [0.717, 1.165) is 18.9 Å². The first-order chi connectivity index (χ1) is 11.8. The first-order valence-corrected chi connectivity index (χ1v) is 12.2. The molecule has 0 aromatic heterocycles. The van der Waals surface area contributed by atoms with Gasteiger partial charge in [0, 0.05) is 32.9 Å². The van der Waals surface area contributed by atoms with E-state index in [9.17, 15) is 0 Å². The molecular formula is C20H46ClNO3Si. The summed E-state index contributed by atoms with van der Waals surface area (Å²) in [6.45, 7) is 6.60. The summed E-state index contributed by atoms with van der Waals surface area (Å²) in [5, 5.41) is 0. The van der Waals surface area contributed by atoms with Gasteiger partial charge in [-0.1, -0.05) is 58.3 Å². The molecule has 0 saturated carbocycles. The lowest BCUT2D eigenvalue weighted by molar-refractivity contribution is 0.121. The molecule has 0 bridgehead atoms. The monoisotopic (exact) mass is 411 g/mol. The second-order valence-corrected chi connectivity index (χ2v) is 11.1. The van der Waals surface area contributed by atoms with Gasteiger partial charge in [-0.25, -0.2) is 0 Å². The third kappa shape index (κ3) is 12.7. The molecule has 26 heavy (non-hydrogen) atoms. The van der Waals surface area contributed by atoms with Gasteiger partial charge in [-0.3, -0.25) is 0 Å². The van der Waals surface area contributed by atoms with Crippen LogP contribution in [0.25, 0.3) is 0 Å². The molecule has 0 heterocycles. The van der Waals surface area contributed by atoms with Crippen LogP contribution in [0.4, 0.5) is 0 Å². The molecule has 0 aliphatic heterocycles. The molecule has 6 heteroatoms. The second kappa shape index (κ2) is 16.3. The molecule has 0 spiro atoms. The average molecular weight is 412 g/mol. The van der Waals surface area contributed by atoms with Gasteiger partial charge >= 0.3 is 8.80 Å². The van der Waals surface area contributed by atoms with Gasteiger partial charge in [0.25, 0.3) is 0 Å². The SMILES string of the molecule is CCCCCCCCCCC(CCC[Si](OC)(OC)OC)C(C)(C)N.Cl. The lowest BCUT2D eigenvalue weighted by Crippen LogP contribution is -2.44. The molecule has 0 aromatic carbocycles. The normalized spacial score (nSPS) is 13.5. The minimum Gasteiger partial charge on any atom is -0.377 e. The lowest BCUT2D eigenvalue weighted by Gasteiger charge is -2.32. The van der Waals surface area contributed by atoms with Crippen molar-refractivity contribution in [1.82, 2.24) is 0 Å². The summed E-state index contributed by atoms with van der Waals surface area (Å²) in [5.74, 6) is 0.546. The van der Waals surface area contributed by atoms with E-state index in [2.05, 4.69) is 20.8 Å². The molecule has 0 amide bonds. The zero-order chi connectivity index (χ0) is 19.2. The summed E-state index contributed by atoms with van der Waals surface area (Å²) in [4.78, 5) is 0. The van der Waals surface area contributed by atoms with E-state index in [0.29, 0.717) is 5.92 Å². The van der Waals surface area contributed by atoms with Crippen LogP contribution in [-0.4, -0.2) is 35.7 Å². The van der Waals surface area contributed by atoms with Crippen LogP contribution < -0.4 is 5.73 Å². The van der Waals surface area contributed by atoms with Gasteiger partial charge in [0.05, 0.1) is 0 Å². The minimum absolute atomic E-state index is 0. The van der Waals surface area contributed by atoms with Gasteiger partial charge in [-0.2, -0.15) is 0 Å². The van der Waals surface area contributed by atoms with Crippen molar-refractivity contribution in [1.29, 1.82) is 0 Å². The third-order valence-electron chi connectivity index (χ3n) is 5.43. The highest BCUT2D eigenvalue weighted by molar-refractivity contribution is 6.60. The Morgan fingerprint density at radius 2 is 1.19 bits per heavy atom. The first kappa shape index (κ1) is 28.6. The van der Waals surface area contributed by atoms with Crippen molar-refractivity contribution < 1.29 is 13.3 Å². The molecule has 1 unspecified atom stereocenters. The van der Waals surface area contributed by atoms with Crippen molar-refractivity contribution in [2.75, 3.05) is 21.3 Å². The molecule has 160 valence electrons. The zero-order valence-electron chi connectivity index (χ0n) is 18.3. The van der Waals surface area contributed by atoms with Crippen LogP contribution in [0.15, 0.2) is 0 Å². The van der Waals surface area contributed by atoms with Crippen LogP contribution in [0.5, 0.6) is 0 Å². The summed E-state index contributed by atoms with van der Waals surface area (Å²) >= 11 is 0. The van der Waals surface area contributed by atoms with E-state index in [1.807, 2.05) is 0 Å². The Kier molecular flexibility index (Phi) is 17.9. The smallest absolute Gasteiger partial charge is 0.377 e. The highest BCUT2D eigenvalue weighted by atomic mass is 35.5. The van der Waals surface area contributed by atoms with E-state index in [1.54, 1.807) is 21.3 Å². The van der Waals surface area contributed by atoms with Crippen molar-refractivity contribution in [3.8, 4) is 0 Å². The highest BCUT2D eigenvalue weighted by Gasteiger charge is 2.37. The number of nitrogens with two attached hydrogens (primary N) is 1. The Morgan fingerprint density at radius 1 is 0.769 bits per heavy atom. The van der Waals surface area contributed by atoms with Gasteiger partial charge in [0.15, 0.2) is 0 Å². The summed E-state index contributed by atoms with van der Waals surface area (Å²) < 4.78 is 16.6. The summed E-state index contributed by atoms with van der Waals surface area (Å²) in [6.07, 6.45) is 14.3. The lowest BCUT2D eigenvalue weighted by atomic mass is 9.81. The molecule has 1 atom stereocenters. The molecule has 4 nitrogen and oxygen atoms in total. The number of halogens is 1. The van der Waals surface area contributed by atoms with Crippen LogP contribution >= 0.6 is 12.4 Å². The Balaban J connectivity index is 0. The molecule has 0 aliphatic rings. The van der Waals surface area contributed by atoms with Gasteiger partial charge in [0.1, 0.15) is 0 Å². The number of hydrogen-bond donors (Lipinski definition) is 1. The van der Waals surface area contributed by atoms with Gasteiger partial charge < -0.3 is 19.0 Å². The first-order valence-electron chi connectivity index (χ1n) is 10.3. The second-order valence-electron chi connectivity index (χ2n) is 7.97. The molecule has 0 fully saturated rings. The van der Waals surface area contributed by atoms with Gasteiger partial charge in [-0.15, -0.1) is 12.4 Å². The Morgan fingerprint density at radius 3 is 1.62 bits per heavy atom. The van der Waals surface area contributed by atoms with E-state index in [-0.39, 0.29) is 17.9 Å². The molecule has 0 aliphatic carbocycles. The van der Waals surface area contributed by atoms with E-state index >= 15 is 0 Å². The highest BCUT2D eigenvalue weighted by Crippen LogP contribution is 2.28. The van der Waals surface area contributed by atoms with Crippen molar-refractivity contribution in [3.05, 3.63) is 0 Å². The van der Waals surface area contributed by atoms with Crippen LogP contribution in [0.3, 0.4) is 0 Å². The van der Waals surface area contributed by atoms with Crippen LogP contribution in [0.1, 0.15) is 91.4 Å². The van der Waals surface area contributed by atoms with Crippen molar-refractivity contribution in [2.24, 2.45) is 11.7 Å². The Bertz CT molecular complexity index is 302. The van der Waals surface area contributed by atoms with Crippen LogP contribution in [-0.2, 0) is 13.3 Å². The molecule has 2 N–H and O–H groups in total. The quantitative estimate of drug-likeness (QED) is 0.237. The number of hydrogen-bond acceptors (Lipinski definition) is 4. The predicted molar refractivity (Wildman–Crippen MR) is 117 cm³/mol. The van der Waals surface area contributed by atoms with Crippen molar-refractivity contribution in [3.63, 3.8) is 0 Å². The standard InChI is InChI=1S/C20H45NO3Si.ClH/c1-7-8-9-10-11-12-13-14-16-19(20(2,3)21)17-15-18-25(22-4,23-5)24-6;/h19H,7-18,21H2,1-6H3;1H. The fourth-order valence-corrected chi connectivity index (χ4v) is 5.28. The Labute approximate surface area is 170 Å². The fourth-order valence-electron chi connectivity index (χ4n) is 3.53. The summed E-state index contributed by atoms with van der Waals surface area (Å²) in [5.41, 5.74) is 6.31. The maximum absolute atomic E-state index is 6.44. The summed E-state index contributed by atoms with van der Waals surface area (Å²) in [6, 6.07) is 0.862. The minimum atomic E-state index is -2.44. The fraction of sp³-hybridized carbons (Fsp3) is 1.00. The zero-order valence-corrected chi connectivity index (χ0v) is 20.1. The Hall–Kier alpha value is 0.347. The van der Waals surface area contributed by atoms with E-state index in [4.69, 9.17) is 19.0 Å². The molecule has 0 aromatic rings.